The van der Waals surface area contributed by atoms with Gasteiger partial charge in [0.25, 0.3) is 0 Å². The fraction of sp³-hybridized carbons (Fsp3) is 0.667. The smallest absolute Gasteiger partial charge is 0.103 e. The molecule has 0 saturated heterocycles. The van der Waals surface area contributed by atoms with Gasteiger partial charge in [0, 0.05) is 19.0 Å². The summed E-state index contributed by atoms with van der Waals surface area (Å²) in [6.07, 6.45) is 0. The van der Waals surface area contributed by atoms with E-state index in [0.717, 1.165) is 0 Å². The van der Waals surface area contributed by atoms with E-state index >= 15 is 0 Å². The third-order valence-corrected chi connectivity index (χ3v) is 11.4. The van der Waals surface area contributed by atoms with E-state index in [4.69, 9.17) is 0 Å². The molecule has 0 fully saturated rings. The molecule has 0 aliphatic rings. The molecular formula is C6H18Si4. The zero-order valence-electron chi connectivity index (χ0n) is 7.24. The quantitative estimate of drug-likeness (QED) is 0.294. The SMILES string of the molecule is C[SiH2]C[SiH2]C#C[SiH2]C[SiH2]C. The minimum Gasteiger partial charge on any atom is -0.147 e. The van der Waals surface area contributed by atoms with Gasteiger partial charge in [-0.1, -0.05) is 24.4 Å². The van der Waals surface area contributed by atoms with Crippen LogP contribution in [-0.4, -0.2) is 38.1 Å². The Morgan fingerprint density at radius 2 is 1.30 bits per heavy atom. The van der Waals surface area contributed by atoms with Crippen molar-refractivity contribution in [2.24, 2.45) is 0 Å². The summed E-state index contributed by atoms with van der Waals surface area (Å²) < 4.78 is 0. The number of hydrogen-bond acceptors (Lipinski definition) is 0. The van der Waals surface area contributed by atoms with Gasteiger partial charge in [0.15, 0.2) is 0 Å². The highest BCUT2D eigenvalue weighted by Gasteiger charge is 1.80. The molecule has 0 rings (SSSR count). The van der Waals surface area contributed by atoms with Gasteiger partial charge >= 0.3 is 0 Å². The van der Waals surface area contributed by atoms with Gasteiger partial charge in [-0.2, -0.15) is 0 Å². The largest absolute Gasteiger partial charge is 0.147 e. The third kappa shape index (κ3) is 8.43. The lowest BCUT2D eigenvalue weighted by molar-refractivity contribution is 1.96. The molecule has 0 aliphatic carbocycles. The van der Waals surface area contributed by atoms with Crippen LogP contribution in [0.3, 0.4) is 0 Å². The van der Waals surface area contributed by atoms with E-state index in [1.54, 1.807) is 11.3 Å². The Morgan fingerprint density at radius 3 is 1.60 bits per heavy atom. The van der Waals surface area contributed by atoms with Crippen LogP contribution in [-0.2, 0) is 0 Å². The van der Waals surface area contributed by atoms with Crippen molar-refractivity contribution in [1.29, 1.82) is 0 Å². The highest BCUT2D eigenvalue weighted by atomic mass is 28.3. The Morgan fingerprint density at radius 1 is 0.900 bits per heavy atom. The lowest BCUT2D eigenvalue weighted by atomic mass is 11.4. The molecule has 0 N–H and O–H groups in total. The van der Waals surface area contributed by atoms with Crippen molar-refractivity contribution in [3.8, 4) is 11.1 Å². The molecule has 0 spiro atoms. The van der Waals surface area contributed by atoms with E-state index in [-0.39, 0.29) is 19.0 Å². The fourth-order valence-corrected chi connectivity index (χ4v) is 6.36. The molecule has 0 nitrogen and oxygen atoms in total. The maximum Gasteiger partial charge on any atom is 0.103 e. The zero-order valence-corrected chi connectivity index (χ0v) is 12.9. The van der Waals surface area contributed by atoms with E-state index in [0.29, 0.717) is 19.0 Å². The maximum absolute atomic E-state index is 3.43. The standard InChI is InChI=1S/C6H18Si4/c1-7-5-9-3-4-10-6-8-2/h5-10H2,1-2H3. The molecular weight excluding hydrogens is 184 g/mol. The van der Waals surface area contributed by atoms with Crippen LogP contribution in [0.15, 0.2) is 0 Å². The summed E-state index contributed by atoms with van der Waals surface area (Å²) in [4.78, 5) is 0. The molecule has 0 aliphatic heterocycles. The first-order valence-electron chi connectivity index (χ1n) is 4.37. The van der Waals surface area contributed by atoms with Gasteiger partial charge in [-0.25, -0.2) is 0 Å². The van der Waals surface area contributed by atoms with Gasteiger partial charge in [-0.15, -0.1) is 11.1 Å². The Hall–Kier alpha value is 0.428. The van der Waals surface area contributed by atoms with Crippen LogP contribution in [0.2, 0.25) is 24.4 Å². The predicted octanol–water partition coefficient (Wildman–Crippen LogP) is -1.57. The van der Waals surface area contributed by atoms with Crippen molar-refractivity contribution in [1.82, 2.24) is 0 Å². The molecule has 0 aromatic heterocycles. The topological polar surface area (TPSA) is 0 Å². The van der Waals surface area contributed by atoms with Crippen molar-refractivity contribution in [3.63, 3.8) is 0 Å². The van der Waals surface area contributed by atoms with Crippen LogP contribution in [0.1, 0.15) is 0 Å². The van der Waals surface area contributed by atoms with Crippen LogP contribution in [0.25, 0.3) is 0 Å². The summed E-state index contributed by atoms with van der Waals surface area (Å²) in [5.74, 6) is 0. The Balaban J connectivity index is 2.98. The first-order chi connectivity index (χ1) is 4.91. The molecule has 58 valence electrons. The Labute approximate surface area is 73.9 Å². The second kappa shape index (κ2) is 9.43. The number of hydrogen-bond donors (Lipinski definition) is 0. The number of rotatable bonds is 4. The highest BCUT2D eigenvalue weighted by Crippen LogP contribution is 1.73. The first kappa shape index (κ1) is 10.4. The molecule has 0 aromatic carbocycles. The minimum atomic E-state index is 0.134. The van der Waals surface area contributed by atoms with Gasteiger partial charge in [-0.3, -0.25) is 0 Å². The maximum atomic E-state index is 3.43. The van der Waals surface area contributed by atoms with Crippen LogP contribution in [0.5, 0.6) is 0 Å². The Kier molecular flexibility index (Phi) is 9.83. The lowest BCUT2D eigenvalue weighted by Gasteiger charge is -1.83. The van der Waals surface area contributed by atoms with Crippen molar-refractivity contribution in [2.45, 2.75) is 24.4 Å². The molecule has 4 heteroatoms. The second-order valence-electron chi connectivity index (χ2n) is 2.56. The first-order valence-corrected chi connectivity index (χ1v) is 12.6. The van der Waals surface area contributed by atoms with Gasteiger partial charge in [0.05, 0.1) is 0 Å². The molecule has 0 bridgehead atoms. The van der Waals surface area contributed by atoms with Gasteiger partial charge in [-0.05, 0) is 0 Å². The lowest BCUT2D eigenvalue weighted by Crippen LogP contribution is -1.93. The predicted molar refractivity (Wildman–Crippen MR) is 63.3 cm³/mol. The minimum absolute atomic E-state index is 0.134. The fourth-order valence-electron chi connectivity index (χ4n) is 0.707. The van der Waals surface area contributed by atoms with Crippen molar-refractivity contribution in [2.75, 3.05) is 0 Å². The van der Waals surface area contributed by atoms with Gasteiger partial charge in [0.2, 0.25) is 0 Å². The van der Waals surface area contributed by atoms with Crippen LogP contribution in [0.4, 0.5) is 0 Å². The van der Waals surface area contributed by atoms with E-state index < -0.39 is 0 Å². The summed E-state index contributed by atoms with van der Waals surface area (Å²) in [6.45, 7) is 4.79. The van der Waals surface area contributed by atoms with Gasteiger partial charge < -0.3 is 0 Å². The van der Waals surface area contributed by atoms with E-state index in [9.17, 15) is 0 Å². The van der Waals surface area contributed by atoms with Crippen LogP contribution in [0, 0.1) is 11.1 Å². The summed E-state index contributed by atoms with van der Waals surface area (Å²) in [7, 11) is 0.984. The average Bonchev–Trinajstić information content (AvgIpc) is 1.97. The normalized spacial score (nSPS) is 13.4. The second-order valence-corrected chi connectivity index (χ2v) is 11.9. The monoisotopic (exact) mass is 202 g/mol. The molecule has 0 aromatic rings. The highest BCUT2D eigenvalue weighted by molar-refractivity contribution is 6.64. The summed E-state index contributed by atoms with van der Waals surface area (Å²) in [5.41, 5.74) is 10.0. The van der Waals surface area contributed by atoms with Gasteiger partial charge in [0.1, 0.15) is 19.0 Å². The van der Waals surface area contributed by atoms with E-state index in [1.165, 1.54) is 0 Å². The van der Waals surface area contributed by atoms with E-state index in [1.807, 2.05) is 0 Å². The third-order valence-electron chi connectivity index (χ3n) is 1.44. The van der Waals surface area contributed by atoms with Crippen LogP contribution >= 0.6 is 0 Å². The summed E-state index contributed by atoms with van der Waals surface area (Å²) in [6, 6.07) is 0. The van der Waals surface area contributed by atoms with Crippen molar-refractivity contribution >= 4 is 38.1 Å². The molecule has 10 heavy (non-hydrogen) atoms. The zero-order chi connectivity index (χ0) is 7.66. The molecule has 0 saturated carbocycles. The summed E-state index contributed by atoms with van der Waals surface area (Å²) in [5, 5.41) is 0. The van der Waals surface area contributed by atoms with Crippen LogP contribution < -0.4 is 0 Å². The molecule has 0 amide bonds. The van der Waals surface area contributed by atoms with E-state index in [2.05, 4.69) is 24.2 Å². The molecule has 0 unspecified atom stereocenters. The summed E-state index contributed by atoms with van der Waals surface area (Å²) >= 11 is 0. The van der Waals surface area contributed by atoms with Crippen molar-refractivity contribution in [3.05, 3.63) is 0 Å². The molecule has 0 radical (unpaired) electrons. The molecule has 0 heterocycles. The molecule has 0 atom stereocenters. The van der Waals surface area contributed by atoms with Crippen molar-refractivity contribution < 1.29 is 0 Å². The average molecular weight is 203 g/mol. The Bertz CT molecular complexity index is 101.